The van der Waals surface area contributed by atoms with Gasteiger partial charge in [0, 0.05) is 23.9 Å². The Bertz CT molecular complexity index is 2160. The highest BCUT2D eigenvalue weighted by Gasteiger charge is 2.69. The van der Waals surface area contributed by atoms with Crippen LogP contribution in [-0.4, -0.2) is 77.6 Å². The van der Waals surface area contributed by atoms with Gasteiger partial charge in [0.05, 0.1) is 55.2 Å². The lowest BCUT2D eigenvalue weighted by atomic mass is 9.50. The molecule has 56 heavy (non-hydrogen) atoms. The third-order valence-corrected chi connectivity index (χ3v) is 12.0. The number of hydrazine groups is 1. The maximum absolute atomic E-state index is 15.4. The Morgan fingerprint density at radius 3 is 2.25 bits per heavy atom. The molecule has 2 aliphatic carbocycles. The fraction of sp³-hybridized carbons (Fsp3) is 0.341. The van der Waals surface area contributed by atoms with Crippen LogP contribution in [0.4, 0.5) is 5.69 Å². The number of nitrogens with zero attached hydrogens (tertiary/aromatic N) is 2. The molecule has 6 atom stereocenters. The van der Waals surface area contributed by atoms with Crippen molar-refractivity contribution >= 4 is 64.6 Å². The highest BCUT2D eigenvalue weighted by molar-refractivity contribution is 6.36. The van der Waals surface area contributed by atoms with Crippen LogP contribution in [0, 0.1) is 29.6 Å². The van der Waals surface area contributed by atoms with Crippen LogP contribution in [0.3, 0.4) is 0 Å². The van der Waals surface area contributed by atoms with E-state index in [0.29, 0.717) is 27.5 Å². The predicted molar refractivity (Wildman–Crippen MR) is 205 cm³/mol. The Kier molecular flexibility index (Phi) is 10.5. The number of carbonyl (C=O) groups is 5. The van der Waals surface area contributed by atoms with Gasteiger partial charge in [0.1, 0.15) is 5.75 Å². The zero-order valence-electron chi connectivity index (χ0n) is 30.7. The van der Waals surface area contributed by atoms with E-state index in [1.165, 1.54) is 27.4 Å². The molecule has 4 amide bonds. The van der Waals surface area contributed by atoms with E-state index in [4.69, 9.17) is 37.4 Å². The van der Waals surface area contributed by atoms with Gasteiger partial charge < -0.3 is 24.4 Å². The molecule has 6 unspecified atom stereocenters. The van der Waals surface area contributed by atoms with Gasteiger partial charge in [-0.25, -0.2) is 0 Å². The van der Waals surface area contributed by atoms with E-state index in [-0.39, 0.29) is 66.1 Å². The molecule has 2 heterocycles. The molecule has 0 spiro atoms. The average molecular weight is 805 g/mol. The minimum Gasteiger partial charge on any atom is -0.502 e. The van der Waals surface area contributed by atoms with Gasteiger partial charge in [-0.2, -0.15) is 5.01 Å². The van der Waals surface area contributed by atoms with Crippen LogP contribution >= 0.6 is 23.2 Å². The van der Waals surface area contributed by atoms with Crippen LogP contribution in [0.5, 0.6) is 23.0 Å². The molecule has 2 aliphatic heterocycles. The number of phenolic OH excluding ortho intramolecular Hbond substituents is 1. The summed E-state index contributed by atoms with van der Waals surface area (Å²) in [6, 6.07) is 14.8. The zero-order chi connectivity index (χ0) is 40.1. The smallest absolute Gasteiger partial charge is 0.303 e. The van der Waals surface area contributed by atoms with Crippen molar-refractivity contribution in [1.29, 1.82) is 0 Å². The van der Waals surface area contributed by atoms with Gasteiger partial charge in [0.2, 0.25) is 17.6 Å². The fourth-order valence-electron chi connectivity index (χ4n) is 8.98. The third kappa shape index (κ3) is 6.32. The number of rotatable bonds is 12. The number of amides is 4. The number of halogens is 2. The van der Waals surface area contributed by atoms with Crippen molar-refractivity contribution in [1.82, 2.24) is 9.91 Å². The topological polar surface area (TPSA) is 172 Å². The lowest BCUT2D eigenvalue weighted by molar-refractivity contribution is -0.142. The second-order valence-electron chi connectivity index (χ2n) is 14.2. The first kappa shape index (κ1) is 38.7. The molecule has 0 aromatic heterocycles. The molecule has 4 aliphatic rings. The Morgan fingerprint density at radius 1 is 0.929 bits per heavy atom. The third-order valence-electron chi connectivity index (χ3n) is 11.5. The number of fused-ring (bicyclic) bond motifs is 4. The number of carbonyl (C=O) groups excluding carboxylic acids is 4. The number of carboxylic acid groups (broad SMARTS) is 1. The molecular weight excluding hydrogens is 765 g/mol. The molecule has 13 nitrogen and oxygen atoms in total. The number of ether oxygens (including phenoxy) is 3. The molecule has 2 saturated heterocycles. The summed E-state index contributed by atoms with van der Waals surface area (Å²) < 4.78 is 16.2. The minimum atomic E-state index is -1.57. The first-order valence-corrected chi connectivity index (χ1v) is 18.8. The maximum Gasteiger partial charge on any atom is 0.303 e. The van der Waals surface area contributed by atoms with Gasteiger partial charge >= 0.3 is 5.97 Å². The first-order chi connectivity index (χ1) is 26.8. The molecule has 1 saturated carbocycles. The summed E-state index contributed by atoms with van der Waals surface area (Å²) in [7, 11) is 4.33. The SMILES string of the molecule is COc1ccc(C23C(=O)N(Nc4ccc(Cl)cc4Cl)C(=O)C2CC2C(=CCC4C(=O)N(CCCC(=O)O)C(=O)C42)C3C=Cc2cc(OC)c(O)c(OC)c2)cc1. The van der Waals surface area contributed by atoms with E-state index in [2.05, 4.69) is 5.43 Å². The van der Waals surface area contributed by atoms with Crippen molar-refractivity contribution in [2.75, 3.05) is 33.3 Å². The van der Waals surface area contributed by atoms with Gasteiger partial charge in [-0.15, -0.1) is 0 Å². The van der Waals surface area contributed by atoms with Gasteiger partial charge in [0.25, 0.3) is 11.8 Å². The fourth-order valence-corrected chi connectivity index (χ4v) is 9.43. The van der Waals surface area contributed by atoms with Crippen molar-refractivity contribution < 1.29 is 48.4 Å². The Labute approximate surface area is 332 Å². The molecule has 7 rings (SSSR count). The number of methoxy groups -OCH3 is 3. The zero-order valence-corrected chi connectivity index (χ0v) is 32.2. The number of aliphatic carboxylic acids is 1. The van der Waals surface area contributed by atoms with Crippen molar-refractivity contribution in [2.45, 2.75) is 31.1 Å². The predicted octanol–water partition coefficient (Wildman–Crippen LogP) is 6.12. The summed E-state index contributed by atoms with van der Waals surface area (Å²) in [6.07, 6.45) is 5.64. The average Bonchev–Trinajstić information content (AvgIpc) is 3.55. The number of nitrogens with one attached hydrogen (secondary N) is 1. The van der Waals surface area contributed by atoms with Gasteiger partial charge in [0.15, 0.2) is 11.5 Å². The van der Waals surface area contributed by atoms with Crippen LogP contribution in [-0.2, 0) is 29.4 Å². The number of hydrogen-bond donors (Lipinski definition) is 3. The Hall–Kier alpha value is -5.53. The quantitative estimate of drug-likeness (QED) is 0.142. The van der Waals surface area contributed by atoms with Crippen LogP contribution in [0.15, 0.2) is 72.3 Å². The molecule has 0 bridgehead atoms. The number of allylic oxidation sites excluding steroid dienone is 3. The van der Waals surface area contributed by atoms with E-state index in [0.717, 1.165) is 9.91 Å². The highest BCUT2D eigenvalue weighted by Crippen LogP contribution is 2.61. The Balaban J connectivity index is 1.41. The van der Waals surface area contributed by atoms with Crippen molar-refractivity contribution in [2.24, 2.45) is 29.6 Å². The van der Waals surface area contributed by atoms with E-state index in [1.54, 1.807) is 54.6 Å². The molecule has 3 fully saturated rings. The monoisotopic (exact) mass is 803 g/mol. The number of likely N-dealkylation sites (tertiary alicyclic amines) is 1. The summed E-state index contributed by atoms with van der Waals surface area (Å²) in [6.45, 7) is -0.0386. The normalized spacial score (nSPS) is 25.5. The number of anilines is 1. The maximum atomic E-state index is 15.4. The second kappa shape index (κ2) is 15.2. The standard InChI is InChI=1S/C41H39Cl2N3O10/c1-54-24-10-7-22(8-11-24)41-28(14-6-21-17-32(55-2)36(49)33(18-21)56-3)25-12-13-26-35(39(52)45(37(26)50)16-4-5-34(47)48)27(25)20-29(41)38(51)46(40(41)53)44-31-15-9-23(42)19-30(31)43/h6-12,14-15,17-19,26-29,35,44,49H,4-5,13,16,20H2,1-3H3,(H,47,48). The summed E-state index contributed by atoms with van der Waals surface area (Å²) in [5.41, 5.74) is 3.44. The number of hydrogen-bond acceptors (Lipinski definition) is 10. The van der Waals surface area contributed by atoms with Crippen molar-refractivity contribution in [3.63, 3.8) is 0 Å². The van der Waals surface area contributed by atoms with Crippen molar-refractivity contribution in [3.05, 3.63) is 93.5 Å². The van der Waals surface area contributed by atoms with Gasteiger partial charge in [-0.3, -0.25) is 34.3 Å². The van der Waals surface area contributed by atoms with Crippen LogP contribution in [0.1, 0.15) is 36.8 Å². The van der Waals surface area contributed by atoms with Gasteiger partial charge in [-0.05, 0) is 78.8 Å². The summed E-state index contributed by atoms with van der Waals surface area (Å²) in [4.78, 5) is 70.6. The number of aromatic hydroxyl groups is 1. The summed E-state index contributed by atoms with van der Waals surface area (Å²) >= 11 is 12.7. The van der Waals surface area contributed by atoms with E-state index in [9.17, 15) is 29.4 Å². The van der Waals surface area contributed by atoms with Gasteiger partial charge in [-0.1, -0.05) is 59.1 Å². The first-order valence-electron chi connectivity index (χ1n) is 18.0. The lowest BCUT2D eigenvalue weighted by Gasteiger charge is -2.49. The molecule has 292 valence electrons. The Morgan fingerprint density at radius 2 is 1.62 bits per heavy atom. The molecule has 15 heteroatoms. The van der Waals surface area contributed by atoms with E-state index < -0.39 is 58.7 Å². The summed E-state index contributed by atoms with van der Waals surface area (Å²) in [5, 5.41) is 21.4. The molecular formula is C41H39Cl2N3O10. The summed E-state index contributed by atoms with van der Waals surface area (Å²) in [5.74, 6) is -6.38. The molecule has 0 radical (unpaired) electrons. The number of imide groups is 2. The molecule has 3 aromatic rings. The highest BCUT2D eigenvalue weighted by atomic mass is 35.5. The molecule has 3 N–H and O–H groups in total. The van der Waals surface area contributed by atoms with Crippen LogP contribution in [0.25, 0.3) is 6.08 Å². The second-order valence-corrected chi connectivity index (χ2v) is 15.1. The van der Waals surface area contributed by atoms with Crippen molar-refractivity contribution in [3.8, 4) is 23.0 Å². The number of phenols is 1. The number of carboxylic acids is 1. The molecule has 3 aromatic carbocycles. The van der Waals surface area contributed by atoms with Crippen LogP contribution in [0.2, 0.25) is 10.0 Å². The van der Waals surface area contributed by atoms with E-state index in [1.807, 2.05) is 12.2 Å². The number of benzene rings is 3. The lowest BCUT2D eigenvalue weighted by Crippen LogP contribution is -2.54. The largest absolute Gasteiger partial charge is 0.502 e. The van der Waals surface area contributed by atoms with E-state index >= 15 is 4.79 Å². The minimum absolute atomic E-state index is 0.0386. The van der Waals surface area contributed by atoms with Crippen LogP contribution < -0.4 is 19.6 Å².